The Balaban J connectivity index is 2.89. The monoisotopic (exact) mass is 205 g/mol. The molecule has 15 heavy (non-hydrogen) atoms. The zero-order chi connectivity index (χ0) is 11.2. The lowest BCUT2D eigenvalue weighted by molar-refractivity contribution is 0.776. The minimum Gasteiger partial charge on any atom is -0.343 e. The second-order valence-electron chi connectivity index (χ2n) is 4.21. The summed E-state index contributed by atoms with van der Waals surface area (Å²) in [7, 11) is 0. The Morgan fingerprint density at radius 2 is 2.07 bits per heavy atom. The molecule has 2 heterocycles. The van der Waals surface area contributed by atoms with E-state index >= 15 is 0 Å². The summed E-state index contributed by atoms with van der Waals surface area (Å²) in [6, 6.07) is 1.87. The van der Waals surface area contributed by atoms with Gasteiger partial charge in [-0.25, -0.2) is 0 Å². The average Bonchev–Trinajstić information content (AvgIpc) is 2.45. The van der Waals surface area contributed by atoms with Gasteiger partial charge in [0.1, 0.15) is 5.65 Å². The molecule has 0 aliphatic rings. The number of fused-ring (bicyclic) bond motifs is 1. The van der Waals surface area contributed by atoms with Gasteiger partial charge in [-0.3, -0.25) is 4.79 Å². The van der Waals surface area contributed by atoms with Crippen molar-refractivity contribution in [2.75, 3.05) is 0 Å². The predicted molar refractivity (Wildman–Crippen MR) is 59.4 cm³/mol. The van der Waals surface area contributed by atoms with Crippen molar-refractivity contribution in [1.29, 1.82) is 0 Å². The molecule has 80 valence electrons. The van der Waals surface area contributed by atoms with Crippen molar-refractivity contribution in [1.82, 2.24) is 14.6 Å². The molecule has 0 amide bonds. The molecule has 1 N–H and O–H groups in total. The van der Waals surface area contributed by atoms with E-state index in [0.717, 1.165) is 22.6 Å². The van der Waals surface area contributed by atoms with E-state index in [9.17, 15) is 4.79 Å². The molecule has 4 nitrogen and oxygen atoms in total. The average molecular weight is 205 g/mol. The number of aromatic amines is 1. The zero-order valence-corrected chi connectivity index (χ0v) is 9.46. The molecule has 0 aliphatic carbocycles. The van der Waals surface area contributed by atoms with Crippen molar-refractivity contribution in [2.45, 2.75) is 33.6 Å². The molecule has 4 heteroatoms. The highest BCUT2D eigenvalue weighted by atomic mass is 16.1. The van der Waals surface area contributed by atoms with Gasteiger partial charge in [-0.1, -0.05) is 13.8 Å². The molecular weight excluding hydrogens is 190 g/mol. The van der Waals surface area contributed by atoms with Crippen LogP contribution in [0.3, 0.4) is 0 Å². The summed E-state index contributed by atoms with van der Waals surface area (Å²) in [5, 5.41) is 4.17. The number of hydrogen-bond donors (Lipinski definition) is 1. The molecule has 0 saturated heterocycles. The highest BCUT2D eigenvalue weighted by Gasteiger charge is 2.13. The first-order chi connectivity index (χ1) is 7.00. The fraction of sp³-hybridized carbons (Fsp3) is 0.455. The van der Waals surface area contributed by atoms with Gasteiger partial charge in [-0.2, -0.15) is 9.61 Å². The molecule has 0 fully saturated rings. The molecular formula is C11H15N3O. The van der Waals surface area contributed by atoms with E-state index in [1.165, 1.54) is 4.52 Å². The van der Waals surface area contributed by atoms with Crippen molar-refractivity contribution in [3.05, 3.63) is 33.4 Å². The van der Waals surface area contributed by atoms with Gasteiger partial charge < -0.3 is 4.98 Å². The summed E-state index contributed by atoms with van der Waals surface area (Å²) in [4.78, 5) is 15.3. The number of H-pyrrole nitrogens is 1. The van der Waals surface area contributed by atoms with Gasteiger partial charge in [0.2, 0.25) is 0 Å². The smallest absolute Gasteiger partial charge is 0.278 e. The predicted octanol–water partition coefficient (Wildman–Crippen LogP) is 1.76. The van der Waals surface area contributed by atoms with E-state index in [0.29, 0.717) is 0 Å². The SMILES string of the molecule is Cc1cc2[nH]c(C)c(C(C)C)c(=O)n2n1. The van der Waals surface area contributed by atoms with Crippen LogP contribution in [-0.4, -0.2) is 14.6 Å². The molecule has 0 spiro atoms. The van der Waals surface area contributed by atoms with Crippen molar-refractivity contribution in [2.24, 2.45) is 0 Å². The minimum atomic E-state index is -0.00986. The number of rotatable bonds is 1. The lowest BCUT2D eigenvalue weighted by Gasteiger charge is -2.08. The summed E-state index contributed by atoms with van der Waals surface area (Å²) in [5.41, 5.74) is 3.35. The number of nitrogens with zero attached hydrogens (tertiary/aromatic N) is 2. The number of aromatic nitrogens is 3. The highest BCUT2D eigenvalue weighted by Crippen LogP contribution is 2.13. The van der Waals surface area contributed by atoms with E-state index in [1.54, 1.807) is 0 Å². The molecule has 0 bridgehead atoms. The molecule has 0 atom stereocenters. The maximum Gasteiger partial charge on any atom is 0.278 e. The van der Waals surface area contributed by atoms with Gasteiger partial charge in [-0.15, -0.1) is 0 Å². The molecule has 0 unspecified atom stereocenters. The topological polar surface area (TPSA) is 50.2 Å². The number of nitrogens with one attached hydrogen (secondary N) is 1. The Morgan fingerprint density at radius 3 is 2.67 bits per heavy atom. The van der Waals surface area contributed by atoms with Crippen LogP contribution in [0.2, 0.25) is 0 Å². The second kappa shape index (κ2) is 3.22. The van der Waals surface area contributed by atoms with Crippen LogP contribution in [0.1, 0.15) is 36.7 Å². The Hall–Kier alpha value is -1.58. The minimum absolute atomic E-state index is 0.00986. The van der Waals surface area contributed by atoms with E-state index in [2.05, 4.69) is 10.1 Å². The number of aryl methyl sites for hydroxylation is 2. The van der Waals surface area contributed by atoms with Crippen molar-refractivity contribution >= 4 is 5.65 Å². The van der Waals surface area contributed by atoms with E-state index in [-0.39, 0.29) is 11.5 Å². The van der Waals surface area contributed by atoms with Gasteiger partial charge in [0, 0.05) is 17.3 Å². The van der Waals surface area contributed by atoms with Crippen LogP contribution < -0.4 is 5.56 Å². The van der Waals surface area contributed by atoms with Crippen molar-refractivity contribution in [3.63, 3.8) is 0 Å². The Kier molecular flexibility index (Phi) is 2.14. The second-order valence-corrected chi connectivity index (χ2v) is 4.21. The standard InChI is InChI=1S/C11H15N3O/c1-6(2)10-8(4)12-9-5-7(3)13-14(9)11(10)15/h5-6,12H,1-4H3. The molecule has 0 aromatic carbocycles. The van der Waals surface area contributed by atoms with Crippen LogP contribution in [0.25, 0.3) is 5.65 Å². The van der Waals surface area contributed by atoms with Crippen LogP contribution in [0.5, 0.6) is 0 Å². The van der Waals surface area contributed by atoms with Gasteiger partial charge >= 0.3 is 0 Å². The maximum atomic E-state index is 12.1. The Morgan fingerprint density at radius 1 is 1.40 bits per heavy atom. The van der Waals surface area contributed by atoms with Crippen LogP contribution in [-0.2, 0) is 0 Å². The molecule has 0 saturated carbocycles. The summed E-state index contributed by atoms with van der Waals surface area (Å²) in [5.74, 6) is 0.211. The quantitative estimate of drug-likeness (QED) is 0.771. The number of hydrogen-bond acceptors (Lipinski definition) is 2. The van der Waals surface area contributed by atoms with Gasteiger partial charge in [0.15, 0.2) is 0 Å². The third-order valence-corrected chi connectivity index (χ3v) is 2.55. The first kappa shape index (κ1) is 9.96. The first-order valence-corrected chi connectivity index (χ1v) is 5.10. The Bertz CT molecular complexity index is 563. The summed E-state index contributed by atoms with van der Waals surface area (Å²) in [6.07, 6.45) is 0. The van der Waals surface area contributed by atoms with Gasteiger partial charge in [0.05, 0.1) is 5.69 Å². The fourth-order valence-corrected chi connectivity index (χ4v) is 1.96. The van der Waals surface area contributed by atoms with Crippen LogP contribution in [0, 0.1) is 13.8 Å². The maximum absolute atomic E-state index is 12.1. The molecule has 0 aliphatic heterocycles. The fourth-order valence-electron chi connectivity index (χ4n) is 1.96. The van der Waals surface area contributed by atoms with Crippen LogP contribution in [0.15, 0.2) is 10.9 Å². The Labute approximate surface area is 87.9 Å². The lowest BCUT2D eigenvalue weighted by Crippen LogP contribution is -2.22. The summed E-state index contributed by atoms with van der Waals surface area (Å²) < 4.78 is 1.44. The summed E-state index contributed by atoms with van der Waals surface area (Å²) in [6.45, 7) is 7.84. The molecule has 0 radical (unpaired) electrons. The third-order valence-electron chi connectivity index (χ3n) is 2.55. The van der Waals surface area contributed by atoms with Crippen molar-refractivity contribution in [3.8, 4) is 0 Å². The first-order valence-electron chi connectivity index (χ1n) is 5.10. The van der Waals surface area contributed by atoms with Crippen molar-refractivity contribution < 1.29 is 0 Å². The van der Waals surface area contributed by atoms with E-state index < -0.39 is 0 Å². The molecule has 2 aromatic rings. The van der Waals surface area contributed by atoms with Crippen LogP contribution >= 0.6 is 0 Å². The highest BCUT2D eigenvalue weighted by molar-refractivity contribution is 5.41. The lowest BCUT2D eigenvalue weighted by atomic mass is 10.0. The normalized spacial score (nSPS) is 11.5. The largest absolute Gasteiger partial charge is 0.343 e. The third kappa shape index (κ3) is 1.46. The van der Waals surface area contributed by atoms with Gasteiger partial charge in [-0.05, 0) is 19.8 Å². The van der Waals surface area contributed by atoms with Gasteiger partial charge in [0.25, 0.3) is 5.56 Å². The molecule has 2 aromatic heterocycles. The molecule has 2 rings (SSSR count). The zero-order valence-electron chi connectivity index (χ0n) is 9.46. The van der Waals surface area contributed by atoms with E-state index in [4.69, 9.17) is 0 Å². The van der Waals surface area contributed by atoms with Crippen LogP contribution in [0.4, 0.5) is 0 Å². The summed E-state index contributed by atoms with van der Waals surface area (Å²) >= 11 is 0. The van der Waals surface area contributed by atoms with E-state index in [1.807, 2.05) is 33.8 Å².